The molecular formula is C18H23N6O2S+. The highest BCUT2D eigenvalue weighted by Gasteiger charge is 2.18. The van der Waals surface area contributed by atoms with Crippen molar-refractivity contribution in [2.45, 2.75) is 43.6 Å². The molecule has 0 unspecified atom stereocenters. The second-order valence-corrected chi connectivity index (χ2v) is 7.61. The lowest BCUT2D eigenvalue weighted by atomic mass is 9.96. The van der Waals surface area contributed by atoms with Gasteiger partial charge in [-0.25, -0.2) is 4.98 Å². The highest BCUT2D eigenvalue weighted by Crippen LogP contribution is 2.26. The number of nitriles is 1. The minimum atomic E-state index is -0.237. The van der Waals surface area contributed by atoms with Crippen molar-refractivity contribution in [2.24, 2.45) is 0 Å². The van der Waals surface area contributed by atoms with Gasteiger partial charge in [0.25, 0.3) is 6.20 Å². The molecule has 142 valence electrons. The van der Waals surface area contributed by atoms with E-state index in [1.165, 1.54) is 35.0 Å². The Labute approximate surface area is 162 Å². The predicted molar refractivity (Wildman–Crippen MR) is 101 cm³/mol. The Hall–Kier alpha value is -2.60. The number of nitrogens with one attached hydrogen (secondary N) is 1. The molecule has 2 aromatic rings. The smallest absolute Gasteiger partial charge is 0.288 e. The third-order valence-corrected chi connectivity index (χ3v) is 5.35. The number of fused-ring (bicyclic) bond motifs is 1. The van der Waals surface area contributed by atoms with Gasteiger partial charge in [-0.3, -0.25) is 14.6 Å². The SMILES string of the molecule is CN(C)[n+]1cc(NC(=O)CSc2nc3c(cc2C#N)CCCCCC3)on1. The molecule has 0 radical (unpaired) electrons. The van der Waals surface area contributed by atoms with Gasteiger partial charge in [0.2, 0.25) is 11.2 Å². The third kappa shape index (κ3) is 4.98. The molecule has 1 N–H and O–H groups in total. The number of nitrogens with zero attached hydrogens (tertiary/aromatic N) is 5. The minimum absolute atomic E-state index is 0.142. The van der Waals surface area contributed by atoms with Crippen LogP contribution in [-0.2, 0) is 17.6 Å². The number of rotatable bonds is 5. The fourth-order valence-electron chi connectivity index (χ4n) is 2.95. The van der Waals surface area contributed by atoms with Crippen LogP contribution < -0.4 is 15.1 Å². The summed E-state index contributed by atoms with van der Waals surface area (Å²) >= 11 is 1.27. The zero-order chi connectivity index (χ0) is 19.2. The summed E-state index contributed by atoms with van der Waals surface area (Å²) in [7, 11) is 3.61. The molecular weight excluding hydrogens is 364 g/mol. The molecule has 2 heterocycles. The van der Waals surface area contributed by atoms with E-state index in [1.807, 2.05) is 6.07 Å². The van der Waals surface area contributed by atoms with E-state index in [9.17, 15) is 10.1 Å². The van der Waals surface area contributed by atoms with Crippen LogP contribution in [0.4, 0.5) is 5.88 Å². The van der Waals surface area contributed by atoms with Gasteiger partial charge in [-0.1, -0.05) is 24.6 Å². The molecule has 3 rings (SSSR count). The maximum atomic E-state index is 12.2. The second-order valence-electron chi connectivity index (χ2n) is 6.64. The fraction of sp³-hybridized carbons (Fsp3) is 0.500. The molecule has 8 nitrogen and oxygen atoms in total. The van der Waals surface area contributed by atoms with Gasteiger partial charge in [0.15, 0.2) is 0 Å². The fourth-order valence-corrected chi connectivity index (χ4v) is 3.72. The molecule has 9 heteroatoms. The van der Waals surface area contributed by atoms with Crippen molar-refractivity contribution < 1.29 is 14.1 Å². The Morgan fingerprint density at radius 1 is 1.37 bits per heavy atom. The van der Waals surface area contributed by atoms with E-state index in [4.69, 9.17) is 9.51 Å². The average molecular weight is 387 g/mol. The van der Waals surface area contributed by atoms with E-state index in [-0.39, 0.29) is 17.5 Å². The van der Waals surface area contributed by atoms with Crippen molar-refractivity contribution >= 4 is 23.6 Å². The van der Waals surface area contributed by atoms with Gasteiger partial charge in [0.1, 0.15) is 11.1 Å². The summed E-state index contributed by atoms with van der Waals surface area (Å²) in [6, 6.07) is 4.17. The van der Waals surface area contributed by atoms with E-state index in [2.05, 4.69) is 16.7 Å². The predicted octanol–water partition coefficient (Wildman–Crippen LogP) is 1.82. The number of thioether (sulfide) groups is 1. The molecule has 0 saturated heterocycles. The molecule has 0 atom stereocenters. The van der Waals surface area contributed by atoms with E-state index >= 15 is 0 Å². The van der Waals surface area contributed by atoms with Gasteiger partial charge >= 0.3 is 5.88 Å². The van der Waals surface area contributed by atoms with Crippen LogP contribution in [0.25, 0.3) is 0 Å². The molecule has 2 aromatic heterocycles. The van der Waals surface area contributed by atoms with Crippen molar-refractivity contribution in [2.75, 3.05) is 30.2 Å². The van der Waals surface area contributed by atoms with E-state index in [1.54, 1.807) is 25.3 Å². The molecule has 0 fully saturated rings. The summed E-state index contributed by atoms with van der Waals surface area (Å²) in [5.74, 6) is 0.170. The Balaban J connectivity index is 1.66. The van der Waals surface area contributed by atoms with Crippen LogP contribution in [0.1, 0.15) is 42.5 Å². The number of hydrogen-bond acceptors (Lipinski definition) is 7. The van der Waals surface area contributed by atoms with Crippen LogP contribution in [0.15, 0.2) is 21.8 Å². The zero-order valence-corrected chi connectivity index (χ0v) is 16.4. The summed E-state index contributed by atoms with van der Waals surface area (Å²) in [5.41, 5.74) is 2.78. The number of pyridine rings is 1. The minimum Gasteiger partial charge on any atom is -0.288 e. The van der Waals surface area contributed by atoms with Gasteiger partial charge in [0, 0.05) is 5.69 Å². The van der Waals surface area contributed by atoms with Crippen LogP contribution >= 0.6 is 11.8 Å². The summed E-state index contributed by atoms with van der Waals surface area (Å²) < 4.78 is 5.06. The number of aromatic nitrogens is 3. The van der Waals surface area contributed by atoms with Crippen molar-refractivity contribution in [1.82, 2.24) is 10.3 Å². The largest absolute Gasteiger partial charge is 0.305 e. The Kier molecular flexibility index (Phi) is 6.29. The summed E-state index contributed by atoms with van der Waals surface area (Å²) in [4.78, 5) is 18.4. The van der Waals surface area contributed by atoms with Gasteiger partial charge in [0.05, 0.1) is 30.2 Å². The number of aryl methyl sites for hydroxylation is 2. The second kappa shape index (κ2) is 8.86. The molecule has 1 aliphatic rings. The molecule has 0 aliphatic heterocycles. The first-order chi connectivity index (χ1) is 13.1. The summed E-state index contributed by atoms with van der Waals surface area (Å²) in [5, 5.41) is 18.2. The van der Waals surface area contributed by atoms with E-state index < -0.39 is 0 Å². The lowest BCUT2D eigenvalue weighted by Crippen LogP contribution is -2.53. The van der Waals surface area contributed by atoms with Gasteiger partial charge < -0.3 is 0 Å². The lowest BCUT2D eigenvalue weighted by molar-refractivity contribution is -0.753. The summed E-state index contributed by atoms with van der Waals surface area (Å²) in [6.45, 7) is 0. The summed E-state index contributed by atoms with van der Waals surface area (Å²) in [6.07, 6.45) is 8.19. The van der Waals surface area contributed by atoms with Gasteiger partial charge in [-0.2, -0.15) is 10.3 Å². The number of amides is 1. The maximum Gasteiger partial charge on any atom is 0.305 e. The van der Waals surface area contributed by atoms with Crippen molar-refractivity contribution in [3.8, 4) is 6.07 Å². The Bertz CT molecular complexity index is 858. The first-order valence-electron chi connectivity index (χ1n) is 8.98. The third-order valence-electron chi connectivity index (χ3n) is 4.35. The highest BCUT2D eigenvalue weighted by molar-refractivity contribution is 8.00. The monoisotopic (exact) mass is 387 g/mol. The average Bonchev–Trinajstić information content (AvgIpc) is 3.09. The quantitative estimate of drug-likeness (QED) is 0.617. The van der Waals surface area contributed by atoms with Crippen LogP contribution in [0.5, 0.6) is 0 Å². The number of carbonyl (C=O) groups is 1. The number of hydrogen-bond donors (Lipinski definition) is 1. The Morgan fingerprint density at radius 2 is 2.15 bits per heavy atom. The van der Waals surface area contributed by atoms with Crippen molar-refractivity contribution in [1.29, 1.82) is 5.26 Å². The van der Waals surface area contributed by atoms with Crippen LogP contribution in [0.2, 0.25) is 0 Å². The van der Waals surface area contributed by atoms with Crippen LogP contribution in [0, 0.1) is 11.3 Å². The van der Waals surface area contributed by atoms with E-state index in [0.717, 1.165) is 31.4 Å². The zero-order valence-electron chi connectivity index (χ0n) is 15.6. The maximum absolute atomic E-state index is 12.2. The van der Waals surface area contributed by atoms with Crippen LogP contribution in [-0.4, -0.2) is 36.0 Å². The first kappa shape index (κ1) is 19.2. The van der Waals surface area contributed by atoms with Crippen molar-refractivity contribution in [3.63, 3.8) is 0 Å². The molecule has 1 amide bonds. The normalized spacial score (nSPS) is 13.8. The molecule has 0 spiro atoms. The number of anilines is 1. The van der Waals surface area contributed by atoms with Crippen molar-refractivity contribution in [3.05, 3.63) is 29.1 Å². The standard InChI is InChI=1S/C18H22N6O2S/c1-23(2)24-11-17(26-22-24)21-16(25)12-27-18-14(10-19)9-13-7-5-3-4-6-8-15(13)20-18/h9,11H,3-8,12H2,1-2H3/p+1. The van der Waals surface area contributed by atoms with Gasteiger partial charge in [-0.05, 0) is 37.3 Å². The van der Waals surface area contributed by atoms with Crippen LogP contribution in [0.3, 0.4) is 0 Å². The van der Waals surface area contributed by atoms with Gasteiger partial charge in [-0.15, -0.1) is 0 Å². The first-order valence-corrected chi connectivity index (χ1v) is 9.97. The molecule has 0 bridgehead atoms. The molecule has 27 heavy (non-hydrogen) atoms. The number of carbonyl (C=O) groups excluding carboxylic acids is 1. The highest BCUT2D eigenvalue weighted by atomic mass is 32.2. The molecule has 0 aromatic carbocycles. The lowest BCUT2D eigenvalue weighted by Gasteiger charge is -2.15. The topological polar surface area (TPSA) is 98.9 Å². The van der Waals surface area contributed by atoms with E-state index in [0.29, 0.717) is 10.6 Å². The molecule has 0 saturated carbocycles. The Morgan fingerprint density at radius 3 is 2.85 bits per heavy atom. The molecule has 1 aliphatic carbocycles.